The molecular formula is C23H21N3O3. The van der Waals surface area contributed by atoms with E-state index >= 15 is 0 Å². The number of carbonyl (C=O) groups excluding carboxylic acids is 1. The summed E-state index contributed by atoms with van der Waals surface area (Å²) in [5, 5.41) is 18.7. The summed E-state index contributed by atoms with van der Waals surface area (Å²) in [6, 6.07) is 17.3. The van der Waals surface area contributed by atoms with E-state index in [1.165, 1.54) is 12.8 Å². The smallest absolute Gasteiger partial charge is 0.328 e. The molecule has 0 bridgehead atoms. The summed E-state index contributed by atoms with van der Waals surface area (Å²) < 4.78 is 0. The first-order valence-electron chi connectivity index (χ1n) is 9.52. The second-order valence-corrected chi connectivity index (χ2v) is 7.20. The van der Waals surface area contributed by atoms with Gasteiger partial charge in [-0.05, 0) is 47.2 Å². The number of carboxylic acid groups (broad SMARTS) is 1. The van der Waals surface area contributed by atoms with E-state index in [0.29, 0.717) is 11.7 Å². The molecule has 0 saturated heterocycles. The summed E-state index contributed by atoms with van der Waals surface area (Å²) in [4.78, 5) is 23.0. The first kappa shape index (κ1) is 18.7. The highest BCUT2D eigenvalue weighted by Crippen LogP contribution is 2.39. The van der Waals surface area contributed by atoms with Crippen LogP contribution in [-0.4, -0.2) is 27.2 Å². The predicted molar refractivity (Wildman–Crippen MR) is 111 cm³/mol. The summed E-state index contributed by atoms with van der Waals surface area (Å²) in [5.41, 5.74) is 4.80. The van der Waals surface area contributed by atoms with Gasteiger partial charge in [0.15, 0.2) is 5.82 Å². The summed E-state index contributed by atoms with van der Waals surface area (Å²) in [6.45, 7) is 0. The van der Waals surface area contributed by atoms with Crippen molar-refractivity contribution in [3.8, 4) is 11.1 Å². The maximum absolute atomic E-state index is 12.3. The number of aliphatic carboxylic acids is 1. The highest BCUT2D eigenvalue weighted by atomic mass is 16.4. The van der Waals surface area contributed by atoms with Crippen LogP contribution >= 0.6 is 0 Å². The van der Waals surface area contributed by atoms with Crippen LogP contribution in [0.3, 0.4) is 0 Å². The Morgan fingerprint density at radius 1 is 1.10 bits per heavy atom. The molecule has 1 aromatic heterocycles. The fourth-order valence-electron chi connectivity index (χ4n) is 3.18. The van der Waals surface area contributed by atoms with Gasteiger partial charge in [0, 0.05) is 23.8 Å². The van der Waals surface area contributed by atoms with Crippen molar-refractivity contribution < 1.29 is 14.7 Å². The number of H-pyrrole nitrogens is 1. The Labute approximate surface area is 168 Å². The molecule has 0 atom stereocenters. The summed E-state index contributed by atoms with van der Waals surface area (Å²) >= 11 is 0. The molecule has 0 aliphatic heterocycles. The summed E-state index contributed by atoms with van der Waals surface area (Å²) in [7, 11) is 0. The number of carboxylic acids is 1. The molecule has 6 nitrogen and oxygen atoms in total. The molecule has 29 heavy (non-hydrogen) atoms. The molecule has 3 N–H and O–H groups in total. The third-order valence-corrected chi connectivity index (χ3v) is 4.84. The van der Waals surface area contributed by atoms with Crippen LogP contribution in [0.4, 0.5) is 5.82 Å². The number of amides is 1. The van der Waals surface area contributed by atoms with E-state index in [0.717, 1.165) is 34.0 Å². The van der Waals surface area contributed by atoms with Gasteiger partial charge in [0.25, 0.3) is 0 Å². The van der Waals surface area contributed by atoms with Crippen LogP contribution in [0.1, 0.15) is 35.6 Å². The van der Waals surface area contributed by atoms with Crippen molar-refractivity contribution in [2.45, 2.75) is 25.2 Å². The molecule has 0 spiro atoms. The second kappa shape index (κ2) is 8.14. The first-order valence-corrected chi connectivity index (χ1v) is 9.52. The highest BCUT2D eigenvalue weighted by molar-refractivity contribution is 5.91. The highest BCUT2D eigenvalue weighted by Gasteiger charge is 2.25. The molecule has 4 rings (SSSR count). The number of rotatable bonds is 7. The third kappa shape index (κ3) is 4.99. The van der Waals surface area contributed by atoms with Gasteiger partial charge in [-0.2, -0.15) is 5.10 Å². The normalized spacial score (nSPS) is 13.5. The van der Waals surface area contributed by atoms with Crippen LogP contribution in [0, 0.1) is 0 Å². The Hall–Kier alpha value is -3.67. The van der Waals surface area contributed by atoms with Crippen molar-refractivity contribution in [3.05, 3.63) is 77.5 Å². The lowest BCUT2D eigenvalue weighted by atomic mass is 10.0. The minimum Gasteiger partial charge on any atom is -0.478 e. The zero-order valence-electron chi connectivity index (χ0n) is 15.8. The van der Waals surface area contributed by atoms with E-state index in [4.69, 9.17) is 5.11 Å². The minimum absolute atomic E-state index is 0.104. The van der Waals surface area contributed by atoms with Gasteiger partial charge in [-0.3, -0.25) is 9.89 Å². The quantitative estimate of drug-likeness (QED) is 0.529. The monoisotopic (exact) mass is 387 g/mol. The van der Waals surface area contributed by atoms with Crippen LogP contribution in [0.25, 0.3) is 17.2 Å². The number of aromatic nitrogens is 2. The van der Waals surface area contributed by atoms with E-state index in [-0.39, 0.29) is 12.3 Å². The first-order chi connectivity index (χ1) is 14.1. The largest absolute Gasteiger partial charge is 0.478 e. The summed E-state index contributed by atoms with van der Waals surface area (Å²) in [5.74, 6) is 0.0580. The van der Waals surface area contributed by atoms with Gasteiger partial charge in [0.05, 0.1) is 6.42 Å². The lowest BCUT2D eigenvalue weighted by Gasteiger charge is -2.06. The molecule has 1 heterocycles. The predicted octanol–water partition coefficient (Wildman–Crippen LogP) is 4.23. The number of carbonyl (C=O) groups is 2. The van der Waals surface area contributed by atoms with E-state index in [1.807, 2.05) is 54.6 Å². The molecule has 0 unspecified atom stereocenters. The number of hydrogen-bond donors (Lipinski definition) is 3. The Morgan fingerprint density at radius 3 is 2.62 bits per heavy atom. The van der Waals surface area contributed by atoms with Crippen LogP contribution in [-0.2, 0) is 16.0 Å². The number of anilines is 1. The van der Waals surface area contributed by atoms with E-state index in [2.05, 4.69) is 15.5 Å². The van der Waals surface area contributed by atoms with Crippen molar-refractivity contribution in [1.29, 1.82) is 0 Å². The van der Waals surface area contributed by atoms with E-state index in [1.54, 1.807) is 6.08 Å². The maximum atomic E-state index is 12.3. The Balaban J connectivity index is 1.39. The average Bonchev–Trinajstić information content (AvgIpc) is 3.46. The minimum atomic E-state index is -0.975. The molecule has 1 aliphatic rings. The van der Waals surface area contributed by atoms with Crippen LogP contribution < -0.4 is 5.32 Å². The fourth-order valence-corrected chi connectivity index (χ4v) is 3.18. The fraction of sp³-hybridized carbons (Fsp3) is 0.174. The molecule has 1 fully saturated rings. The van der Waals surface area contributed by atoms with Crippen molar-refractivity contribution in [1.82, 2.24) is 10.2 Å². The molecule has 6 heteroatoms. The Kier molecular flexibility index (Phi) is 5.24. The van der Waals surface area contributed by atoms with Crippen molar-refractivity contribution >= 4 is 23.8 Å². The molecule has 146 valence electrons. The topological polar surface area (TPSA) is 95.1 Å². The summed E-state index contributed by atoms with van der Waals surface area (Å²) in [6.07, 6.45) is 5.32. The number of hydrogen-bond acceptors (Lipinski definition) is 3. The molecule has 1 amide bonds. The SMILES string of the molecule is O=C(O)C=Cc1cccc(-c2ccc(CC(=O)Nc3cc(C4CC4)[nH]n3)cc2)c1. The van der Waals surface area contributed by atoms with Crippen molar-refractivity contribution in [2.24, 2.45) is 0 Å². The van der Waals surface area contributed by atoms with Gasteiger partial charge in [0.1, 0.15) is 0 Å². The van der Waals surface area contributed by atoms with E-state index < -0.39 is 5.97 Å². The van der Waals surface area contributed by atoms with Gasteiger partial charge in [-0.15, -0.1) is 0 Å². The Bertz CT molecular complexity index is 1060. The number of aromatic amines is 1. The maximum Gasteiger partial charge on any atom is 0.328 e. The van der Waals surface area contributed by atoms with Crippen LogP contribution in [0.2, 0.25) is 0 Å². The van der Waals surface area contributed by atoms with Crippen molar-refractivity contribution in [2.75, 3.05) is 5.32 Å². The van der Waals surface area contributed by atoms with Gasteiger partial charge in [-0.1, -0.05) is 42.5 Å². The van der Waals surface area contributed by atoms with Crippen LogP contribution in [0.5, 0.6) is 0 Å². The lowest BCUT2D eigenvalue weighted by Crippen LogP contribution is -2.14. The zero-order chi connectivity index (χ0) is 20.2. The zero-order valence-corrected chi connectivity index (χ0v) is 15.8. The number of nitrogens with one attached hydrogen (secondary N) is 2. The molecular weight excluding hydrogens is 366 g/mol. The van der Waals surface area contributed by atoms with Gasteiger partial charge in [-0.25, -0.2) is 4.79 Å². The molecule has 1 saturated carbocycles. The Morgan fingerprint density at radius 2 is 1.90 bits per heavy atom. The molecule has 1 aliphatic carbocycles. The van der Waals surface area contributed by atoms with Gasteiger partial charge in [0.2, 0.25) is 5.91 Å². The van der Waals surface area contributed by atoms with E-state index in [9.17, 15) is 9.59 Å². The van der Waals surface area contributed by atoms with Crippen LogP contribution in [0.15, 0.2) is 60.7 Å². The van der Waals surface area contributed by atoms with Gasteiger partial charge >= 0.3 is 5.97 Å². The van der Waals surface area contributed by atoms with Gasteiger partial charge < -0.3 is 10.4 Å². The molecule has 2 aromatic carbocycles. The second-order valence-electron chi connectivity index (χ2n) is 7.20. The number of nitrogens with zero attached hydrogens (tertiary/aromatic N) is 1. The third-order valence-electron chi connectivity index (χ3n) is 4.84. The standard InChI is InChI=1S/C23H21N3O3/c27-22(24-21-14-20(25-26-21)18-9-10-18)13-16-4-7-17(8-5-16)19-3-1-2-15(12-19)6-11-23(28)29/h1-8,11-12,14,18H,9-10,13H2,(H,28,29)(H2,24,25,26,27). The molecule has 3 aromatic rings. The number of benzene rings is 2. The molecule has 0 radical (unpaired) electrons. The van der Waals surface area contributed by atoms with Crippen molar-refractivity contribution in [3.63, 3.8) is 0 Å². The average molecular weight is 387 g/mol. The lowest BCUT2D eigenvalue weighted by molar-refractivity contribution is -0.131.